The molecule has 21 heavy (non-hydrogen) atoms. The molecule has 0 atom stereocenters. The van der Waals surface area contributed by atoms with Gasteiger partial charge in [0.05, 0.1) is 11.3 Å². The van der Waals surface area contributed by atoms with Gasteiger partial charge in [0.15, 0.2) is 0 Å². The van der Waals surface area contributed by atoms with Crippen LogP contribution in [0.5, 0.6) is 0 Å². The maximum Gasteiger partial charge on any atom is 0.253 e. The lowest BCUT2D eigenvalue weighted by atomic mass is 10.1. The van der Waals surface area contributed by atoms with Crippen LogP contribution in [0.4, 0.5) is 5.69 Å². The molecule has 2 N–H and O–H groups in total. The molecule has 4 nitrogen and oxygen atoms in total. The SMILES string of the molecule is Cc1cccc(CNc2cncc(C(=O)NC3CC3)c2)c1. The first-order chi connectivity index (χ1) is 10.2. The molecule has 0 unspecified atom stereocenters. The van der Waals surface area contributed by atoms with Crippen LogP contribution in [-0.4, -0.2) is 16.9 Å². The van der Waals surface area contributed by atoms with Crippen molar-refractivity contribution in [3.05, 3.63) is 59.4 Å². The molecule has 1 aromatic heterocycles. The van der Waals surface area contributed by atoms with Crippen LogP contribution in [0.1, 0.15) is 34.3 Å². The fourth-order valence-electron chi connectivity index (χ4n) is 2.18. The lowest BCUT2D eigenvalue weighted by Gasteiger charge is -2.09. The molecule has 1 fully saturated rings. The second-order valence-electron chi connectivity index (χ2n) is 5.55. The molecule has 1 aromatic carbocycles. The predicted octanol–water partition coefficient (Wildman–Crippen LogP) is 2.89. The molecule has 0 bridgehead atoms. The number of amides is 1. The number of benzene rings is 1. The van der Waals surface area contributed by atoms with Crippen molar-refractivity contribution in [3.8, 4) is 0 Å². The molecule has 1 aliphatic rings. The summed E-state index contributed by atoms with van der Waals surface area (Å²) in [5.41, 5.74) is 3.92. The summed E-state index contributed by atoms with van der Waals surface area (Å²) in [4.78, 5) is 16.1. The molecular weight excluding hydrogens is 262 g/mol. The number of nitrogens with zero attached hydrogens (tertiary/aromatic N) is 1. The number of hydrogen-bond acceptors (Lipinski definition) is 3. The quantitative estimate of drug-likeness (QED) is 0.886. The number of pyridine rings is 1. The van der Waals surface area contributed by atoms with Crippen LogP contribution in [0.25, 0.3) is 0 Å². The lowest BCUT2D eigenvalue weighted by molar-refractivity contribution is 0.0951. The van der Waals surface area contributed by atoms with Gasteiger partial charge in [-0.05, 0) is 31.4 Å². The van der Waals surface area contributed by atoms with Crippen LogP contribution in [-0.2, 0) is 6.54 Å². The first-order valence-electron chi connectivity index (χ1n) is 7.26. The van der Waals surface area contributed by atoms with Gasteiger partial charge in [0, 0.05) is 25.0 Å². The van der Waals surface area contributed by atoms with Crippen molar-refractivity contribution in [1.82, 2.24) is 10.3 Å². The normalized spacial score (nSPS) is 13.8. The zero-order chi connectivity index (χ0) is 14.7. The average Bonchev–Trinajstić information content (AvgIpc) is 3.29. The molecule has 4 heteroatoms. The minimum absolute atomic E-state index is 0.0378. The van der Waals surface area contributed by atoms with Crippen LogP contribution < -0.4 is 10.6 Å². The Bertz CT molecular complexity index is 650. The van der Waals surface area contributed by atoms with Crippen molar-refractivity contribution >= 4 is 11.6 Å². The third-order valence-corrected chi connectivity index (χ3v) is 3.49. The van der Waals surface area contributed by atoms with E-state index in [4.69, 9.17) is 0 Å². The summed E-state index contributed by atoms with van der Waals surface area (Å²) in [6, 6.07) is 10.6. The highest BCUT2D eigenvalue weighted by atomic mass is 16.1. The van der Waals surface area contributed by atoms with Crippen molar-refractivity contribution in [2.45, 2.75) is 32.4 Å². The lowest BCUT2D eigenvalue weighted by Crippen LogP contribution is -2.25. The number of carbonyl (C=O) groups excluding carboxylic acids is 1. The molecule has 0 aliphatic heterocycles. The third-order valence-electron chi connectivity index (χ3n) is 3.49. The van der Waals surface area contributed by atoms with E-state index in [0.29, 0.717) is 11.6 Å². The molecule has 1 amide bonds. The molecule has 0 saturated heterocycles. The van der Waals surface area contributed by atoms with E-state index in [2.05, 4.69) is 40.7 Å². The zero-order valence-electron chi connectivity index (χ0n) is 12.1. The number of carbonyl (C=O) groups is 1. The largest absolute Gasteiger partial charge is 0.380 e. The van der Waals surface area contributed by atoms with Gasteiger partial charge < -0.3 is 10.6 Å². The van der Waals surface area contributed by atoms with Gasteiger partial charge in [-0.25, -0.2) is 0 Å². The molecule has 1 saturated carbocycles. The van der Waals surface area contributed by atoms with E-state index in [9.17, 15) is 4.79 Å². The Kier molecular flexibility index (Phi) is 3.86. The number of aromatic nitrogens is 1. The van der Waals surface area contributed by atoms with Gasteiger partial charge in [-0.3, -0.25) is 9.78 Å². The number of anilines is 1. The van der Waals surface area contributed by atoms with Crippen molar-refractivity contribution < 1.29 is 4.79 Å². The van der Waals surface area contributed by atoms with Crippen LogP contribution in [0.15, 0.2) is 42.7 Å². The standard InChI is InChI=1S/C17H19N3O/c1-12-3-2-4-13(7-12)9-19-16-8-14(10-18-11-16)17(21)20-15-5-6-15/h2-4,7-8,10-11,15,19H,5-6,9H2,1H3,(H,20,21). The minimum atomic E-state index is -0.0378. The van der Waals surface area contributed by atoms with E-state index in [0.717, 1.165) is 25.1 Å². The van der Waals surface area contributed by atoms with Crippen molar-refractivity contribution in [1.29, 1.82) is 0 Å². The highest BCUT2D eigenvalue weighted by molar-refractivity contribution is 5.95. The summed E-state index contributed by atoms with van der Waals surface area (Å²) in [5, 5.41) is 6.28. The first-order valence-corrected chi connectivity index (χ1v) is 7.26. The second kappa shape index (κ2) is 5.95. The van der Waals surface area contributed by atoms with E-state index in [1.807, 2.05) is 12.1 Å². The van der Waals surface area contributed by atoms with Gasteiger partial charge in [0.2, 0.25) is 0 Å². The van der Waals surface area contributed by atoms with E-state index in [1.165, 1.54) is 11.1 Å². The van der Waals surface area contributed by atoms with E-state index < -0.39 is 0 Å². The fraction of sp³-hybridized carbons (Fsp3) is 0.294. The van der Waals surface area contributed by atoms with E-state index in [1.54, 1.807) is 12.4 Å². The predicted molar refractivity (Wildman–Crippen MR) is 83.2 cm³/mol. The molecule has 108 valence electrons. The van der Waals surface area contributed by atoms with Crippen LogP contribution in [0.2, 0.25) is 0 Å². The summed E-state index contributed by atoms with van der Waals surface area (Å²) >= 11 is 0. The number of hydrogen-bond donors (Lipinski definition) is 2. The Morgan fingerprint density at radius 1 is 1.29 bits per heavy atom. The fourth-order valence-corrected chi connectivity index (χ4v) is 2.18. The second-order valence-corrected chi connectivity index (χ2v) is 5.55. The molecular formula is C17H19N3O. The summed E-state index contributed by atoms with van der Waals surface area (Å²) in [7, 11) is 0. The molecule has 2 aromatic rings. The van der Waals surface area contributed by atoms with Gasteiger partial charge in [-0.2, -0.15) is 0 Å². The summed E-state index contributed by atoms with van der Waals surface area (Å²) < 4.78 is 0. The topological polar surface area (TPSA) is 54.0 Å². The molecule has 0 radical (unpaired) electrons. The Morgan fingerprint density at radius 3 is 2.90 bits per heavy atom. The maximum absolute atomic E-state index is 12.0. The molecule has 3 rings (SSSR count). The Balaban J connectivity index is 1.63. The summed E-state index contributed by atoms with van der Waals surface area (Å²) in [6.07, 6.45) is 5.52. The number of aryl methyl sites for hydroxylation is 1. The van der Waals surface area contributed by atoms with Crippen LogP contribution in [0, 0.1) is 6.92 Å². The smallest absolute Gasteiger partial charge is 0.253 e. The summed E-state index contributed by atoms with van der Waals surface area (Å²) in [5.74, 6) is -0.0378. The van der Waals surface area contributed by atoms with E-state index >= 15 is 0 Å². The van der Waals surface area contributed by atoms with Crippen molar-refractivity contribution in [2.24, 2.45) is 0 Å². The Labute approximate surface area is 124 Å². The van der Waals surface area contributed by atoms with Crippen LogP contribution in [0.3, 0.4) is 0 Å². The summed E-state index contributed by atoms with van der Waals surface area (Å²) in [6.45, 7) is 2.80. The van der Waals surface area contributed by atoms with Crippen molar-refractivity contribution in [2.75, 3.05) is 5.32 Å². The number of nitrogens with one attached hydrogen (secondary N) is 2. The highest BCUT2D eigenvalue weighted by Gasteiger charge is 2.23. The number of rotatable bonds is 5. The Morgan fingerprint density at radius 2 is 2.14 bits per heavy atom. The monoisotopic (exact) mass is 281 g/mol. The molecule has 1 heterocycles. The van der Waals surface area contributed by atoms with Crippen molar-refractivity contribution in [3.63, 3.8) is 0 Å². The zero-order valence-corrected chi connectivity index (χ0v) is 12.1. The van der Waals surface area contributed by atoms with Crippen LogP contribution >= 0.6 is 0 Å². The van der Waals surface area contributed by atoms with Gasteiger partial charge in [0.25, 0.3) is 5.91 Å². The average molecular weight is 281 g/mol. The van der Waals surface area contributed by atoms with Gasteiger partial charge in [-0.15, -0.1) is 0 Å². The molecule has 1 aliphatic carbocycles. The Hall–Kier alpha value is -2.36. The van der Waals surface area contributed by atoms with Gasteiger partial charge in [0.1, 0.15) is 0 Å². The first kappa shape index (κ1) is 13.6. The van der Waals surface area contributed by atoms with Gasteiger partial charge >= 0.3 is 0 Å². The maximum atomic E-state index is 12.0. The highest BCUT2D eigenvalue weighted by Crippen LogP contribution is 2.19. The van der Waals surface area contributed by atoms with E-state index in [-0.39, 0.29) is 5.91 Å². The van der Waals surface area contributed by atoms with Gasteiger partial charge in [-0.1, -0.05) is 29.8 Å². The minimum Gasteiger partial charge on any atom is -0.380 e. The third kappa shape index (κ3) is 3.81. The molecule has 0 spiro atoms.